The first-order chi connectivity index (χ1) is 19.3. The van der Waals surface area contributed by atoms with E-state index in [0.29, 0.717) is 30.2 Å². The maximum atomic E-state index is 13.2. The number of imidazole rings is 1. The number of ketones is 1. The number of unbranched alkanes of at least 4 members (excludes halogenated alkanes) is 2. The number of carbonyl (C=O) groups excluding carboxylic acids is 1. The molecule has 0 unspecified atom stereocenters. The third-order valence-electron chi connectivity index (χ3n) is 5.74. The van der Waals surface area contributed by atoms with Crippen LogP contribution in [-0.4, -0.2) is 55.6 Å². The molecule has 3 aromatic rings. The van der Waals surface area contributed by atoms with Crippen molar-refractivity contribution in [3.63, 3.8) is 0 Å². The van der Waals surface area contributed by atoms with Crippen LogP contribution in [0.25, 0.3) is 11.3 Å². The molecule has 14 heteroatoms. The van der Waals surface area contributed by atoms with Gasteiger partial charge in [0.05, 0.1) is 37.0 Å². The van der Waals surface area contributed by atoms with Gasteiger partial charge in [0, 0.05) is 12.5 Å². The van der Waals surface area contributed by atoms with Gasteiger partial charge in [-0.3, -0.25) is 0 Å². The molecule has 10 nitrogen and oxygen atoms in total. The molecule has 0 bridgehead atoms. The number of hydrogen-bond donors (Lipinski definition) is 3. The lowest BCUT2D eigenvalue weighted by molar-refractivity contribution is -0.192. The maximum absolute atomic E-state index is 13.2. The summed E-state index contributed by atoms with van der Waals surface area (Å²) in [4.78, 5) is 27.9. The molecular weight excluding hydrogens is 567 g/mol. The number of aliphatic carboxylic acids is 1. The number of carbonyl (C=O) groups is 2. The van der Waals surface area contributed by atoms with Crippen molar-refractivity contribution in [3.8, 4) is 22.8 Å². The molecule has 0 spiro atoms. The molecule has 3 N–H and O–H groups in total. The molecule has 2 aromatic carbocycles. The monoisotopic (exact) mass is 599 g/mol. The van der Waals surface area contributed by atoms with E-state index in [1.54, 1.807) is 19.2 Å². The van der Waals surface area contributed by atoms with E-state index in [4.69, 9.17) is 19.4 Å². The molecule has 1 atom stereocenters. The number of benzene rings is 2. The first kappa shape index (κ1) is 33.3. The average molecular weight is 600 g/mol. The Labute approximate surface area is 236 Å². The second-order valence-electron chi connectivity index (χ2n) is 8.84. The lowest BCUT2D eigenvalue weighted by atomic mass is 10.1. The van der Waals surface area contributed by atoms with Crippen LogP contribution in [0.15, 0.2) is 59.6 Å². The Hall–Kier alpha value is -3.91. The lowest BCUT2D eigenvalue weighted by Gasteiger charge is -2.18. The van der Waals surface area contributed by atoms with E-state index in [0.717, 1.165) is 30.5 Å². The number of aromatic nitrogens is 2. The van der Waals surface area contributed by atoms with Crippen LogP contribution in [-0.2, 0) is 19.6 Å². The Bertz CT molecular complexity index is 1390. The third kappa shape index (κ3) is 10.5. The summed E-state index contributed by atoms with van der Waals surface area (Å²) in [5, 5.41) is 7.12. The van der Waals surface area contributed by atoms with E-state index in [9.17, 15) is 26.4 Å². The molecule has 224 valence electrons. The number of halogens is 3. The zero-order chi connectivity index (χ0) is 30.6. The number of Topliss-reactive ketones (excluding diaryl/α,β-unsaturated/α-hetero) is 1. The van der Waals surface area contributed by atoms with Crippen molar-refractivity contribution < 1.29 is 45.8 Å². The predicted octanol–water partition coefficient (Wildman–Crippen LogP) is 5.29. The van der Waals surface area contributed by atoms with Crippen molar-refractivity contribution in [3.05, 3.63) is 60.6 Å². The van der Waals surface area contributed by atoms with Crippen molar-refractivity contribution in [1.29, 1.82) is 0 Å². The quantitative estimate of drug-likeness (QED) is 0.225. The van der Waals surface area contributed by atoms with E-state index >= 15 is 0 Å². The number of nitrogens with zero attached hydrogens (tertiary/aromatic N) is 1. The first-order valence-electron chi connectivity index (χ1n) is 12.4. The number of alkyl halides is 3. The van der Waals surface area contributed by atoms with E-state index in [1.165, 1.54) is 26.4 Å². The Morgan fingerprint density at radius 3 is 2.22 bits per heavy atom. The fourth-order valence-electron chi connectivity index (χ4n) is 3.67. The Kier molecular flexibility index (Phi) is 12.3. The molecule has 0 radical (unpaired) electrons. The molecule has 0 aliphatic heterocycles. The van der Waals surface area contributed by atoms with Gasteiger partial charge in [-0.15, -0.1) is 0 Å². The largest absolute Gasteiger partial charge is 0.493 e. The summed E-state index contributed by atoms with van der Waals surface area (Å²) in [6.07, 6.45) is 0.0251. The average Bonchev–Trinajstić information content (AvgIpc) is 3.42. The predicted molar refractivity (Wildman–Crippen MR) is 144 cm³/mol. The van der Waals surface area contributed by atoms with Crippen LogP contribution in [0.1, 0.15) is 50.9 Å². The van der Waals surface area contributed by atoms with Crippen molar-refractivity contribution in [1.82, 2.24) is 14.7 Å². The molecule has 41 heavy (non-hydrogen) atoms. The number of carboxylic acids is 1. The number of methoxy groups -OCH3 is 2. The number of rotatable bonds is 13. The van der Waals surface area contributed by atoms with Crippen LogP contribution in [0, 0.1) is 0 Å². The van der Waals surface area contributed by atoms with Gasteiger partial charge in [-0.2, -0.15) is 13.2 Å². The molecule has 0 saturated heterocycles. The highest BCUT2D eigenvalue weighted by molar-refractivity contribution is 7.89. The summed E-state index contributed by atoms with van der Waals surface area (Å²) in [5.74, 6) is -1.29. The van der Waals surface area contributed by atoms with E-state index in [1.807, 2.05) is 30.3 Å². The minimum absolute atomic E-state index is 0.0709. The highest BCUT2D eigenvalue weighted by Gasteiger charge is 2.38. The van der Waals surface area contributed by atoms with E-state index in [2.05, 4.69) is 14.7 Å². The fraction of sp³-hybridized carbons (Fsp3) is 0.370. The van der Waals surface area contributed by atoms with Gasteiger partial charge in [0.25, 0.3) is 0 Å². The van der Waals surface area contributed by atoms with Gasteiger partial charge in [-0.1, -0.05) is 43.2 Å². The number of aromatic amines is 1. The third-order valence-corrected chi connectivity index (χ3v) is 7.21. The molecule has 0 aliphatic carbocycles. The molecule has 0 saturated carbocycles. The number of nitrogens with one attached hydrogen (secondary N) is 2. The van der Waals surface area contributed by atoms with Gasteiger partial charge >= 0.3 is 12.1 Å². The van der Waals surface area contributed by atoms with Crippen molar-refractivity contribution in [2.45, 2.75) is 56.1 Å². The number of sulfonamides is 1. The van der Waals surface area contributed by atoms with Gasteiger partial charge in [0.1, 0.15) is 11.6 Å². The highest BCUT2D eigenvalue weighted by Crippen LogP contribution is 2.31. The molecule has 0 amide bonds. The Morgan fingerprint density at radius 1 is 1.02 bits per heavy atom. The van der Waals surface area contributed by atoms with Gasteiger partial charge in [0.2, 0.25) is 10.0 Å². The van der Waals surface area contributed by atoms with Crippen molar-refractivity contribution in [2.24, 2.45) is 0 Å². The molecule has 0 aliphatic rings. The minimum atomic E-state index is -5.08. The molecule has 3 rings (SSSR count). The van der Waals surface area contributed by atoms with E-state index < -0.39 is 28.2 Å². The van der Waals surface area contributed by atoms with Gasteiger partial charge in [-0.25, -0.2) is 22.9 Å². The van der Waals surface area contributed by atoms with Gasteiger partial charge in [0.15, 0.2) is 11.5 Å². The Morgan fingerprint density at radius 2 is 1.66 bits per heavy atom. The number of carboxylic acid groups (broad SMARTS) is 1. The lowest BCUT2D eigenvalue weighted by Crippen LogP contribution is -2.29. The second kappa shape index (κ2) is 15.2. The van der Waals surface area contributed by atoms with Crippen LogP contribution < -0.4 is 14.2 Å². The molecule has 1 heterocycles. The van der Waals surface area contributed by atoms with Gasteiger partial charge < -0.3 is 24.4 Å². The summed E-state index contributed by atoms with van der Waals surface area (Å²) in [6.45, 7) is 1.58. The van der Waals surface area contributed by atoms with Crippen molar-refractivity contribution >= 4 is 21.8 Å². The molecule has 1 aromatic heterocycles. The summed E-state index contributed by atoms with van der Waals surface area (Å²) in [6, 6.07) is 13.6. The topological polar surface area (TPSA) is 148 Å². The normalized spacial score (nSPS) is 12.1. The zero-order valence-electron chi connectivity index (χ0n) is 22.7. The van der Waals surface area contributed by atoms with Crippen LogP contribution in [0.4, 0.5) is 13.2 Å². The summed E-state index contributed by atoms with van der Waals surface area (Å²) < 4.78 is 71.5. The van der Waals surface area contributed by atoms with Crippen LogP contribution in [0.5, 0.6) is 11.5 Å². The van der Waals surface area contributed by atoms with Crippen LogP contribution in [0.3, 0.4) is 0 Å². The first-order valence-corrected chi connectivity index (χ1v) is 13.9. The molecular formula is C27H32F3N3O7S. The summed E-state index contributed by atoms with van der Waals surface area (Å²) in [7, 11) is -0.925. The molecule has 0 fully saturated rings. The second-order valence-corrected chi connectivity index (χ2v) is 10.6. The maximum Gasteiger partial charge on any atom is 0.490 e. The smallest absolute Gasteiger partial charge is 0.490 e. The fourth-order valence-corrected chi connectivity index (χ4v) is 4.92. The number of H-pyrrole nitrogens is 1. The van der Waals surface area contributed by atoms with Gasteiger partial charge in [-0.05, 0) is 37.5 Å². The number of hydrogen-bond acceptors (Lipinski definition) is 7. The standard InChI is InChI=1S/C25H31N3O5S.C2HF3O2/c1-18(29)10-6-4-9-13-21(25-26-17-22(27-25)19-11-7-5-8-12-19)28-34(30,31)20-14-15-23(32-2)24(16-20)33-3;3-2(4,5)1(6)7/h5,7-8,11-12,14-17,21,28H,4,6,9-10,13H2,1-3H3,(H,26,27);(H,6,7)/t21-;/m0./s1. The Balaban J connectivity index is 0.000000745. The van der Waals surface area contributed by atoms with E-state index in [-0.39, 0.29) is 10.7 Å². The van der Waals surface area contributed by atoms with Crippen LogP contribution in [0.2, 0.25) is 0 Å². The minimum Gasteiger partial charge on any atom is -0.493 e. The zero-order valence-corrected chi connectivity index (χ0v) is 23.5. The summed E-state index contributed by atoms with van der Waals surface area (Å²) >= 11 is 0. The summed E-state index contributed by atoms with van der Waals surface area (Å²) in [5.41, 5.74) is 1.77. The van der Waals surface area contributed by atoms with Crippen LogP contribution >= 0.6 is 0 Å². The highest BCUT2D eigenvalue weighted by atomic mass is 32.2. The SMILES string of the molecule is COc1ccc(S(=O)(=O)N[C@@H](CCCCCC(C)=O)c2ncc(-c3ccccc3)[nH]2)cc1OC.O=C(O)C(F)(F)F. The van der Waals surface area contributed by atoms with Crippen molar-refractivity contribution in [2.75, 3.05) is 14.2 Å². The number of ether oxygens (including phenoxy) is 2.